The predicted molar refractivity (Wildman–Crippen MR) is 140 cm³/mol. The molecule has 2 aromatic carbocycles. The Bertz CT molecular complexity index is 835. The Kier molecular flexibility index (Phi) is 9.04. The lowest BCUT2D eigenvalue weighted by atomic mass is 9.74. The van der Waals surface area contributed by atoms with Crippen LogP contribution in [0.3, 0.4) is 0 Å². The van der Waals surface area contributed by atoms with Crippen molar-refractivity contribution < 1.29 is 4.39 Å². The number of halogens is 1. The molecule has 0 unspecified atom stereocenters. The van der Waals surface area contributed by atoms with E-state index in [2.05, 4.69) is 44.2 Å². The summed E-state index contributed by atoms with van der Waals surface area (Å²) in [4.78, 5) is 0. The van der Waals surface area contributed by atoms with Crippen molar-refractivity contribution in [3.63, 3.8) is 0 Å². The third-order valence-corrected chi connectivity index (χ3v) is 8.76. The molecular formula is C32H45F. The summed E-state index contributed by atoms with van der Waals surface area (Å²) in [5.74, 6) is 3.60. The minimum Gasteiger partial charge on any atom is -0.206 e. The van der Waals surface area contributed by atoms with E-state index in [1.807, 2.05) is 6.07 Å². The second kappa shape index (κ2) is 12.2. The molecule has 0 spiro atoms. The van der Waals surface area contributed by atoms with E-state index in [9.17, 15) is 4.39 Å². The summed E-state index contributed by atoms with van der Waals surface area (Å²) in [7, 11) is 0. The molecule has 0 atom stereocenters. The van der Waals surface area contributed by atoms with Crippen LogP contribution >= 0.6 is 0 Å². The molecule has 0 aliphatic heterocycles. The van der Waals surface area contributed by atoms with Crippen LogP contribution in [0.25, 0.3) is 11.1 Å². The first kappa shape index (κ1) is 24.5. The quantitative estimate of drug-likeness (QED) is 0.358. The molecule has 0 bridgehead atoms. The Labute approximate surface area is 202 Å². The van der Waals surface area contributed by atoms with Crippen LogP contribution in [-0.4, -0.2) is 0 Å². The third-order valence-electron chi connectivity index (χ3n) is 8.76. The number of hydrogen-bond donors (Lipinski definition) is 0. The molecule has 2 saturated carbocycles. The van der Waals surface area contributed by atoms with Crippen LogP contribution in [0.1, 0.15) is 114 Å². The van der Waals surface area contributed by atoms with Gasteiger partial charge in [0.1, 0.15) is 5.82 Å². The zero-order valence-corrected chi connectivity index (χ0v) is 21.1. The summed E-state index contributed by atoms with van der Waals surface area (Å²) in [6.07, 6.45) is 19.2. The number of hydrogen-bond acceptors (Lipinski definition) is 0. The maximum absolute atomic E-state index is 14.6. The van der Waals surface area contributed by atoms with Gasteiger partial charge < -0.3 is 0 Å². The molecule has 0 N–H and O–H groups in total. The fourth-order valence-electron chi connectivity index (χ4n) is 6.64. The van der Waals surface area contributed by atoms with Gasteiger partial charge >= 0.3 is 0 Å². The van der Waals surface area contributed by atoms with Crippen LogP contribution in [-0.2, 0) is 6.42 Å². The smallest absolute Gasteiger partial charge is 0.131 e. The van der Waals surface area contributed by atoms with Crippen LogP contribution in [0.15, 0.2) is 42.5 Å². The van der Waals surface area contributed by atoms with Gasteiger partial charge in [0.2, 0.25) is 0 Å². The molecule has 1 heteroatoms. The van der Waals surface area contributed by atoms with Crippen molar-refractivity contribution in [3.8, 4) is 11.1 Å². The Morgan fingerprint density at radius 1 is 0.667 bits per heavy atom. The second-order valence-electron chi connectivity index (χ2n) is 11.2. The average molecular weight is 449 g/mol. The first-order chi connectivity index (χ1) is 16.2. The van der Waals surface area contributed by atoms with Gasteiger partial charge in [-0.05, 0) is 78.5 Å². The fourth-order valence-corrected chi connectivity index (χ4v) is 6.64. The van der Waals surface area contributed by atoms with Gasteiger partial charge in [0.25, 0.3) is 0 Å². The van der Waals surface area contributed by atoms with E-state index in [4.69, 9.17) is 0 Å². The van der Waals surface area contributed by atoms with Crippen molar-refractivity contribution in [1.82, 2.24) is 0 Å². The largest absolute Gasteiger partial charge is 0.206 e. The fraction of sp³-hybridized carbons (Fsp3) is 0.625. The first-order valence-electron chi connectivity index (χ1n) is 14.0. The van der Waals surface area contributed by atoms with E-state index in [1.54, 1.807) is 6.07 Å². The van der Waals surface area contributed by atoms with Gasteiger partial charge in [-0.3, -0.25) is 0 Å². The van der Waals surface area contributed by atoms with E-state index in [1.165, 1.54) is 82.6 Å². The molecule has 0 radical (unpaired) electrons. The summed E-state index contributed by atoms with van der Waals surface area (Å²) < 4.78 is 14.6. The summed E-state index contributed by atoms with van der Waals surface area (Å²) >= 11 is 0. The Morgan fingerprint density at radius 2 is 1.24 bits per heavy atom. The first-order valence-corrected chi connectivity index (χ1v) is 14.0. The molecule has 180 valence electrons. The van der Waals surface area contributed by atoms with Crippen molar-refractivity contribution in [1.29, 1.82) is 0 Å². The van der Waals surface area contributed by atoms with Crippen molar-refractivity contribution in [2.75, 3.05) is 0 Å². The summed E-state index contributed by atoms with van der Waals surface area (Å²) in [6.45, 7) is 4.47. The van der Waals surface area contributed by atoms with E-state index in [-0.39, 0.29) is 5.82 Å². The second-order valence-corrected chi connectivity index (χ2v) is 11.2. The van der Waals surface area contributed by atoms with Crippen molar-refractivity contribution in [2.45, 2.75) is 110 Å². The van der Waals surface area contributed by atoms with Crippen molar-refractivity contribution in [3.05, 3.63) is 59.4 Å². The van der Waals surface area contributed by atoms with Crippen molar-refractivity contribution >= 4 is 0 Å². The summed E-state index contributed by atoms with van der Waals surface area (Å²) in [5, 5.41) is 0. The number of benzene rings is 2. The topological polar surface area (TPSA) is 0 Å². The Morgan fingerprint density at radius 3 is 1.79 bits per heavy atom. The summed E-state index contributed by atoms with van der Waals surface area (Å²) in [5.41, 5.74) is 4.28. The molecule has 0 heterocycles. The molecule has 0 amide bonds. The van der Waals surface area contributed by atoms with E-state index >= 15 is 0 Å². The molecule has 2 aromatic rings. The minimum atomic E-state index is -0.0898. The van der Waals surface area contributed by atoms with E-state index < -0.39 is 0 Å². The van der Waals surface area contributed by atoms with E-state index in [0.717, 1.165) is 47.3 Å². The molecule has 33 heavy (non-hydrogen) atoms. The maximum Gasteiger partial charge on any atom is 0.131 e. The monoisotopic (exact) mass is 448 g/mol. The lowest BCUT2D eigenvalue weighted by Crippen LogP contribution is -2.17. The van der Waals surface area contributed by atoms with E-state index in [0.29, 0.717) is 5.92 Å². The van der Waals surface area contributed by atoms with Gasteiger partial charge in [0.05, 0.1) is 0 Å². The lowest BCUT2D eigenvalue weighted by Gasteiger charge is -2.32. The van der Waals surface area contributed by atoms with Crippen LogP contribution in [0.5, 0.6) is 0 Å². The minimum absolute atomic E-state index is 0.0898. The SMILES string of the molecule is CCCc1ccc(-c2ccc(C3CCC(CCC4CCC(CCC)CC4)CC3)cc2)c(F)c1. The van der Waals surface area contributed by atoms with Gasteiger partial charge in [0.15, 0.2) is 0 Å². The molecule has 2 aliphatic carbocycles. The van der Waals surface area contributed by atoms with Crippen LogP contribution in [0, 0.1) is 23.6 Å². The number of rotatable bonds is 9. The molecule has 4 rings (SSSR count). The highest BCUT2D eigenvalue weighted by molar-refractivity contribution is 5.65. The zero-order chi connectivity index (χ0) is 23.0. The third kappa shape index (κ3) is 6.71. The Hall–Kier alpha value is -1.63. The average Bonchev–Trinajstić information content (AvgIpc) is 2.85. The van der Waals surface area contributed by atoms with Gasteiger partial charge in [-0.15, -0.1) is 0 Å². The molecule has 2 fully saturated rings. The standard InChI is InChI=1S/C32H45F/c1-3-5-24-7-9-25(10-8-24)11-12-26-13-16-28(17-14-26)29-18-20-30(21-19-29)31-22-15-27(6-4-2)23-32(31)33/h15,18-26,28H,3-14,16-17H2,1-2H3. The molecular weight excluding hydrogens is 403 g/mol. The van der Waals surface area contributed by atoms with Gasteiger partial charge in [-0.2, -0.15) is 0 Å². The van der Waals surface area contributed by atoms with Gasteiger partial charge in [0, 0.05) is 5.56 Å². The molecule has 0 aromatic heterocycles. The zero-order valence-electron chi connectivity index (χ0n) is 21.1. The Balaban J connectivity index is 1.23. The molecule has 2 aliphatic rings. The van der Waals surface area contributed by atoms with Gasteiger partial charge in [-0.1, -0.05) is 108 Å². The highest BCUT2D eigenvalue weighted by Gasteiger charge is 2.25. The predicted octanol–water partition coefficient (Wildman–Crippen LogP) is 10.1. The van der Waals surface area contributed by atoms with Crippen molar-refractivity contribution in [2.24, 2.45) is 17.8 Å². The molecule has 0 nitrogen and oxygen atoms in total. The normalized spacial score (nSPS) is 25.8. The highest BCUT2D eigenvalue weighted by atomic mass is 19.1. The maximum atomic E-state index is 14.6. The van der Waals surface area contributed by atoms with Crippen LogP contribution in [0.2, 0.25) is 0 Å². The van der Waals surface area contributed by atoms with Crippen LogP contribution < -0.4 is 0 Å². The van der Waals surface area contributed by atoms with Crippen LogP contribution in [0.4, 0.5) is 4.39 Å². The number of aryl methyl sites for hydroxylation is 1. The lowest BCUT2D eigenvalue weighted by molar-refractivity contribution is 0.224. The van der Waals surface area contributed by atoms with Gasteiger partial charge in [-0.25, -0.2) is 4.39 Å². The highest BCUT2D eigenvalue weighted by Crippen LogP contribution is 2.40. The molecule has 0 saturated heterocycles. The summed E-state index contributed by atoms with van der Waals surface area (Å²) in [6, 6.07) is 14.5.